The summed E-state index contributed by atoms with van der Waals surface area (Å²) in [5.74, 6) is 0.728. The van der Waals surface area contributed by atoms with E-state index in [9.17, 15) is 9.59 Å². The van der Waals surface area contributed by atoms with Gasteiger partial charge in [-0.2, -0.15) is 0 Å². The topological polar surface area (TPSA) is 75.4 Å². The van der Waals surface area contributed by atoms with Crippen LogP contribution in [0.3, 0.4) is 0 Å². The lowest BCUT2D eigenvalue weighted by molar-refractivity contribution is -0.116. The Morgan fingerprint density at radius 3 is 2.43 bits per heavy atom. The molecule has 1 fully saturated rings. The predicted molar refractivity (Wildman–Crippen MR) is 92.3 cm³/mol. The van der Waals surface area contributed by atoms with Crippen LogP contribution < -0.4 is 11.1 Å². The number of anilines is 1. The number of benzene rings is 1. The van der Waals surface area contributed by atoms with Crippen LogP contribution in [0.4, 0.5) is 5.69 Å². The third-order valence-electron chi connectivity index (χ3n) is 4.31. The summed E-state index contributed by atoms with van der Waals surface area (Å²) in [6.07, 6.45) is 3.21. The van der Waals surface area contributed by atoms with Crippen molar-refractivity contribution < 1.29 is 9.59 Å². The van der Waals surface area contributed by atoms with E-state index in [1.54, 1.807) is 24.3 Å². The van der Waals surface area contributed by atoms with Crippen molar-refractivity contribution in [1.29, 1.82) is 0 Å². The van der Waals surface area contributed by atoms with Gasteiger partial charge in [0.25, 0.3) is 5.91 Å². The minimum atomic E-state index is -0.0496. The molecule has 2 rings (SSSR count). The summed E-state index contributed by atoms with van der Waals surface area (Å²) in [6.45, 7) is 5.77. The molecule has 1 saturated heterocycles. The average molecular weight is 317 g/mol. The molecule has 1 heterocycles. The fraction of sp³-hybridized carbons (Fsp3) is 0.556. The molecule has 2 amide bonds. The molecule has 0 spiro atoms. The van der Waals surface area contributed by atoms with E-state index in [2.05, 4.69) is 12.2 Å². The highest BCUT2D eigenvalue weighted by Crippen LogP contribution is 2.19. The maximum absolute atomic E-state index is 12.4. The second kappa shape index (κ2) is 8.11. The quantitative estimate of drug-likeness (QED) is 0.876. The van der Waals surface area contributed by atoms with Gasteiger partial charge in [-0.1, -0.05) is 6.92 Å². The fourth-order valence-corrected chi connectivity index (χ4v) is 2.67. The van der Waals surface area contributed by atoms with E-state index in [-0.39, 0.29) is 17.9 Å². The van der Waals surface area contributed by atoms with Crippen molar-refractivity contribution in [2.75, 3.05) is 18.4 Å². The van der Waals surface area contributed by atoms with Crippen LogP contribution in [0.5, 0.6) is 0 Å². The van der Waals surface area contributed by atoms with Crippen LogP contribution in [-0.2, 0) is 4.79 Å². The van der Waals surface area contributed by atoms with Crippen LogP contribution in [-0.4, -0.2) is 35.8 Å². The third-order valence-corrected chi connectivity index (χ3v) is 4.31. The Morgan fingerprint density at radius 1 is 1.26 bits per heavy atom. The van der Waals surface area contributed by atoms with E-state index in [1.807, 2.05) is 11.8 Å². The molecular formula is C18H27N3O2. The van der Waals surface area contributed by atoms with Gasteiger partial charge < -0.3 is 16.0 Å². The number of carbonyl (C=O) groups excluding carboxylic acids is 2. The van der Waals surface area contributed by atoms with Crippen LogP contribution in [0.25, 0.3) is 0 Å². The first-order chi connectivity index (χ1) is 11.0. The molecule has 3 N–H and O–H groups in total. The van der Waals surface area contributed by atoms with Crippen molar-refractivity contribution >= 4 is 17.5 Å². The molecule has 5 heteroatoms. The van der Waals surface area contributed by atoms with E-state index in [1.165, 1.54) is 0 Å². The Balaban J connectivity index is 1.88. The molecule has 0 saturated carbocycles. The summed E-state index contributed by atoms with van der Waals surface area (Å²) >= 11 is 0. The van der Waals surface area contributed by atoms with Crippen molar-refractivity contribution in [3.05, 3.63) is 29.8 Å². The number of nitrogens with two attached hydrogens (primary N) is 1. The zero-order valence-corrected chi connectivity index (χ0v) is 14.0. The number of hydrogen-bond acceptors (Lipinski definition) is 3. The summed E-state index contributed by atoms with van der Waals surface area (Å²) in [4.78, 5) is 26.1. The molecule has 0 aliphatic carbocycles. The normalized spacial score (nSPS) is 16.9. The molecule has 1 aromatic rings. The first-order valence-corrected chi connectivity index (χ1v) is 8.40. The molecule has 0 bridgehead atoms. The van der Waals surface area contributed by atoms with Crippen LogP contribution in [0.2, 0.25) is 0 Å². The lowest BCUT2D eigenvalue weighted by Crippen LogP contribution is -2.37. The molecule has 0 radical (unpaired) electrons. The monoisotopic (exact) mass is 317 g/mol. The summed E-state index contributed by atoms with van der Waals surface area (Å²) in [7, 11) is 0. The van der Waals surface area contributed by atoms with Crippen molar-refractivity contribution in [2.45, 2.75) is 45.6 Å². The number of nitrogens with zero attached hydrogens (tertiary/aromatic N) is 1. The molecule has 1 aliphatic heterocycles. The van der Waals surface area contributed by atoms with Crippen molar-refractivity contribution in [3.63, 3.8) is 0 Å². The van der Waals surface area contributed by atoms with Crippen LogP contribution in [0.15, 0.2) is 24.3 Å². The maximum Gasteiger partial charge on any atom is 0.253 e. The highest BCUT2D eigenvalue weighted by Gasteiger charge is 2.21. The minimum Gasteiger partial charge on any atom is -0.339 e. The summed E-state index contributed by atoms with van der Waals surface area (Å²) in [6, 6.07) is 7.14. The zero-order chi connectivity index (χ0) is 16.8. The van der Waals surface area contributed by atoms with Crippen molar-refractivity contribution in [1.82, 2.24) is 4.90 Å². The van der Waals surface area contributed by atoms with Crippen LogP contribution in [0.1, 0.15) is 49.9 Å². The number of hydrogen-bond donors (Lipinski definition) is 2. The second-order valence-corrected chi connectivity index (χ2v) is 6.62. The van der Waals surface area contributed by atoms with Gasteiger partial charge in [0.2, 0.25) is 5.91 Å². The Kier molecular flexibility index (Phi) is 6.16. The molecule has 1 atom stereocenters. The van der Waals surface area contributed by atoms with Crippen LogP contribution in [0, 0.1) is 5.92 Å². The average Bonchev–Trinajstić information content (AvgIpc) is 2.54. The number of likely N-dealkylation sites (tertiary alicyclic amines) is 1. The largest absolute Gasteiger partial charge is 0.339 e. The molecule has 23 heavy (non-hydrogen) atoms. The van der Waals surface area contributed by atoms with Crippen molar-refractivity contribution in [2.24, 2.45) is 11.7 Å². The maximum atomic E-state index is 12.4. The first-order valence-electron chi connectivity index (χ1n) is 8.40. The Bertz CT molecular complexity index is 532. The molecule has 0 aromatic heterocycles. The van der Waals surface area contributed by atoms with Gasteiger partial charge in [-0.25, -0.2) is 0 Å². The Hall–Kier alpha value is -1.88. The molecule has 1 aliphatic rings. The van der Waals surface area contributed by atoms with Gasteiger partial charge in [0, 0.05) is 36.8 Å². The Labute approximate surface area is 138 Å². The highest BCUT2D eigenvalue weighted by molar-refractivity contribution is 5.95. The number of carbonyl (C=O) groups is 2. The third kappa shape index (κ3) is 5.36. The van der Waals surface area contributed by atoms with Gasteiger partial charge >= 0.3 is 0 Å². The molecule has 1 unspecified atom stereocenters. The first kappa shape index (κ1) is 17.5. The molecule has 5 nitrogen and oxygen atoms in total. The van der Waals surface area contributed by atoms with Gasteiger partial charge in [-0.05, 0) is 56.4 Å². The van der Waals surface area contributed by atoms with Gasteiger partial charge in [0.05, 0.1) is 0 Å². The minimum absolute atomic E-state index is 0.0213. The number of amides is 2. The Morgan fingerprint density at radius 2 is 1.87 bits per heavy atom. The lowest BCUT2D eigenvalue weighted by atomic mass is 9.98. The summed E-state index contributed by atoms with van der Waals surface area (Å²) < 4.78 is 0. The number of piperidine rings is 1. The summed E-state index contributed by atoms with van der Waals surface area (Å²) in [5.41, 5.74) is 7.03. The van der Waals surface area contributed by atoms with Crippen molar-refractivity contribution in [3.8, 4) is 0 Å². The predicted octanol–water partition coefficient (Wildman–Crippen LogP) is 2.62. The summed E-state index contributed by atoms with van der Waals surface area (Å²) in [5, 5.41) is 2.83. The van der Waals surface area contributed by atoms with Gasteiger partial charge in [0.1, 0.15) is 0 Å². The lowest BCUT2D eigenvalue weighted by Gasteiger charge is -2.30. The second-order valence-electron chi connectivity index (χ2n) is 6.62. The van der Waals surface area contributed by atoms with Gasteiger partial charge in [0.15, 0.2) is 0 Å². The molecular weight excluding hydrogens is 290 g/mol. The fourth-order valence-electron chi connectivity index (χ4n) is 2.67. The van der Waals surface area contributed by atoms with Gasteiger partial charge in [-0.3, -0.25) is 9.59 Å². The van der Waals surface area contributed by atoms with E-state index >= 15 is 0 Å². The van der Waals surface area contributed by atoms with E-state index in [4.69, 9.17) is 5.73 Å². The van der Waals surface area contributed by atoms with E-state index in [0.29, 0.717) is 30.0 Å². The van der Waals surface area contributed by atoms with E-state index in [0.717, 1.165) is 25.9 Å². The zero-order valence-electron chi connectivity index (χ0n) is 14.0. The molecule has 1 aromatic carbocycles. The number of rotatable bonds is 5. The smallest absolute Gasteiger partial charge is 0.253 e. The van der Waals surface area contributed by atoms with Crippen LogP contribution >= 0.6 is 0 Å². The SMILES string of the molecule is CC(N)CCC(=O)Nc1ccc(C(=O)N2CCC(C)CC2)cc1. The highest BCUT2D eigenvalue weighted by atomic mass is 16.2. The standard InChI is InChI=1S/C18H27N3O2/c1-13-9-11-21(12-10-13)18(23)15-4-6-16(7-5-15)20-17(22)8-3-14(2)19/h4-7,13-14H,3,8-12,19H2,1-2H3,(H,20,22). The van der Waals surface area contributed by atoms with E-state index < -0.39 is 0 Å². The van der Waals surface area contributed by atoms with Gasteiger partial charge in [-0.15, -0.1) is 0 Å². The molecule has 126 valence electrons. The number of nitrogens with one attached hydrogen (secondary N) is 1.